The minimum absolute atomic E-state index is 0.412. The molecule has 0 bridgehead atoms. The number of nitrogens with one attached hydrogen (secondary N) is 1. The van der Waals surface area contributed by atoms with Crippen LogP contribution in [0.2, 0.25) is 0 Å². The van der Waals surface area contributed by atoms with Gasteiger partial charge in [-0.25, -0.2) is 0 Å². The Kier molecular flexibility index (Phi) is 4.00. The molecular weight excluding hydrogens is 188 g/mol. The SMILES string of the molecule is C[C@@H]1CN(CCC2CCNC2)C[C@H](C)O1. The van der Waals surface area contributed by atoms with Gasteiger partial charge in [0.25, 0.3) is 0 Å². The average Bonchev–Trinajstić information content (AvgIpc) is 2.65. The van der Waals surface area contributed by atoms with Gasteiger partial charge in [0.2, 0.25) is 0 Å². The molecule has 0 amide bonds. The van der Waals surface area contributed by atoms with Crippen molar-refractivity contribution in [1.29, 1.82) is 0 Å². The Bertz CT molecular complexity index is 182. The number of rotatable bonds is 3. The first kappa shape index (κ1) is 11.4. The van der Waals surface area contributed by atoms with Crippen LogP contribution in [-0.2, 0) is 4.74 Å². The van der Waals surface area contributed by atoms with Gasteiger partial charge in [-0.1, -0.05) is 0 Å². The van der Waals surface area contributed by atoms with Crippen molar-refractivity contribution in [1.82, 2.24) is 10.2 Å². The van der Waals surface area contributed by atoms with Gasteiger partial charge >= 0.3 is 0 Å². The number of hydrogen-bond donors (Lipinski definition) is 1. The van der Waals surface area contributed by atoms with Crippen molar-refractivity contribution in [2.24, 2.45) is 5.92 Å². The Hall–Kier alpha value is -0.120. The van der Waals surface area contributed by atoms with Gasteiger partial charge in [-0.15, -0.1) is 0 Å². The minimum Gasteiger partial charge on any atom is -0.373 e. The third-order valence-corrected chi connectivity index (χ3v) is 3.51. The van der Waals surface area contributed by atoms with Gasteiger partial charge in [-0.2, -0.15) is 0 Å². The van der Waals surface area contributed by atoms with E-state index in [-0.39, 0.29) is 0 Å². The second-order valence-corrected chi connectivity index (χ2v) is 5.16. The van der Waals surface area contributed by atoms with E-state index >= 15 is 0 Å². The van der Waals surface area contributed by atoms with E-state index in [0.29, 0.717) is 12.2 Å². The molecule has 2 aliphatic heterocycles. The fourth-order valence-corrected chi connectivity index (χ4v) is 2.79. The molecule has 1 unspecified atom stereocenters. The molecule has 2 heterocycles. The lowest BCUT2D eigenvalue weighted by Crippen LogP contribution is -2.46. The lowest BCUT2D eigenvalue weighted by molar-refractivity contribution is -0.0688. The largest absolute Gasteiger partial charge is 0.373 e. The second kappa shape index (κ2) is 5.28. The van der Waals surface area contributed by atoms with Gasteiger partial charge in [0.15, 0.2) is 0 Å². The van der Waals surface area contributed by atoms with Gasteiger partial charge in [0.05, 0.1) is 12.2 Å². The van der Waals surface area contributed by atoms with Crippen molar-refractivity contribution in [3.63, 3.8) is 0 Å². The quantitative estimate of drug-likeness (QED) is 0.758. The van der Waals surface area contributed by atoms with Crippen LogP contribution in [0.15, 0.2) is 0 Å². The van der Waals surface area contributed by atoms with Gasteiger partial charge < -0.3 is 10.1 Å². The molecule has 0 spiro atoms. The van der Waals surface area contributed by atoms with Crippen molar-refractivity contribution in [2.45, 2.75) is 38.9 Å². The first-order valence-corrected chi connectivity index (χ1v) is 6.32. The Morgan fingerprint density at radius 3 is 2.60 bits per heavy atom. The Labute approximate surface area is 93.2 Å². The summed E-state index contributed by atoms with van der Waals surface area (Å²) in [7, 11) is 0. The molecule has 3 nitrogen and oxygen atoms in total. The first-order chi connectivity index (χ1) is 7.24. The molecule has 2 fully saturated rings. The van der Waals surface area contributed by atoms with Gasteiger partial charge in [-0.05, 0) is 52.2 Å². The van der Waals surface area contributed by atoms with Crippen molar-refractivity contribution < 1.29 is 4.74 Å². The number of hydrogen-bond acceptors (Lipinski definition) is 3. The van der Waals surface area contributed by atoms with Crippen LogP contribution in [0, 0.1) is 5.92 Å². The summed E-state index contributed by atoms with van der Waals surface area (Å²) in [6, 6.07) is 0. The molecular formula is C12H24N2O. The normalized spacial score (nSPS) is 38.4. The molecule has 0 saturated carbocycles. The molecule has 0 aromatic rings. The first-order valence-electron chi connectivity index (χ1n) is 6.32. The number of nitrogens with zero attached hydrogens (tertiary/aromatic N) is 1. The molecule has 2 aliphatic rings. The fourth-order valence-electron chi connectivity index (χ4n) is 2.79. The van der Waals surface area contributed by atoms with Crippen LogP contribution in [0.5, 0.6) is 0 Å². The molecule has 0 aliphatic carbocycles. The molecule has 15 heavy (non-hydrogen) atoms. The fraction of sp³-hybridized carbons (Fsp3) is 1.00. The topological polar surface area (TPSA) is 24.5 Å². The van der Waals surface area contributed by atoms with Gasteiger partial charge in [0.1, 0.15) is 0 Å². The molecule has 88 valence electrons. The summed E-state index contributed by atoms with van der Waals surface area (Å²) in [6.45, 7) is 10.3. The van der Waals surface area contributed by atoms with E-state index < -0.39 is 0 Å². The minimum atomic E-state index is 0.412. The van der Waals surface area contributed by atoms with E-state index in [1.165, 1.54) is 32.5 Å². The maximum atomic E-state index is 5.73. The summed E-state index contributed by atoms with van der Waals surface area (Å²) < 4.78 is 5.73. The zero-order valence-electron chi connectivity index (χ0n) is 10.0. The van der Waals surface area contributed by atoms with E-state index in [2.05, 4.69) is 24.1 Å². The highest BCUT2D eigenvalue weighted by atomic mass is 16.5. The van der Waals surface area contributed by atoms with Crippen molar-refractivity contribution in [2.75, 3.05) is 32.7 Å². The van der Waals surface area contributed by atoms with E-state index in [1.54, 1.807) is 0 Å². The van der Waals surface area contributed by atoms with Crippen LogP contribution in [0.4, 0.5) is 0 Å². The Balaban J connectivity index is 1.69. The standard InChI is InChI=1S/C12H24N2O/c1-10-8-14(9-11(2)15-10)6-4-12-3-5-13-7-12/h10-13H,3-9H2,1-2H3/t10-,11+,12?. The predicted octanol–water partition coefficient (Wildman–Crippen LogP) is 1.10. The Morgan fingerprint density at radius 1 is 1.27 bits per heavy atom. The maximum Gasteiger partial charge on any atom is 0.0678 e. The summed E-state index contributed by atoms with van der Waals surface area (Å²) in [5.41, 5.74) is 0. The smallest absolute Gasteiger partial charge is 0.0678 e. The molecule has 3 heteroatoms. The molecule has 2 saturated heterocycles. The van der Waals surface area contributed by atoms with Crippen LogP contribution in [-0.4, -0.2) is 49.8 Å². The van der Waals surface area contributed by atoms with E-state index in [0.717, 1.165) is 19.0 Å². The number of ether oxygens (including phenoxy) is 1. The van der Waals surface area contributed by atoms with E-state index in [4.69, 9.17) is 4.74 Å². The number of morpholine rings is 1. The van der Waals surface area contributed by atoms with Crippen LogP contribution in [0.3, 0.4) is 0 Å². The molecule has 1 N–H and O–H groups in total. The Morgan fingerprint density at radius 2 is 2.00 bits per heavy atom. The van der Waals surface area contributed by atoms with E-state index in [9.17, 15) is 0 Å². The summed E-state index contributed by atoms with van der Waals surface area (Å²) in [4.78, 5) is 2.57. The van der Waals surface area contributed by atoms with Crippen LogP contribution < -0.4 is 5.32 Å². The maximum absolute atomic E-state index is 5.73. The summed E-state index contributed by atoms with van der Waals surface area (Å²) in [6.07, 6.45) is 3.55. The monoisotopic (exact) mass is 212 g/mol. The van der Waals surface area contributed by atoms with Gasteiger partial charge in [-0.3, -0.25) is 4.90 Å². The zero-order chi connectivity index (χ0) is 10.7. The summed E-state index contributed by atoms with van der Waals surface area (Å²) in [5.74, 6) is 0.915. The van der Waals surface area contributed by atoms with Crippen molar-refractivity contribution in [3.8, 4) is 0 Å². The molecule has 2 rings (SSSR count). The lowest BCUT2D eigenvalue weighted by Gasteiger charge is -2.35. The van der Waals surface area contributed by atoms with Gasteiger partial charge in [0, 0.05) is 13.1 Å². The highest BCUT2D eigenvalue weighted by Crippen LogP contribution is 2.16. The lowest BCUT2D eigenvalue weighted by atomic mass is 10.0. The van der Waals surface area contributed by atoms with Crippen LogP contribution in [0.25, 0.3) is 0 Å². The summed E-state index contributed by atoms with van der Waals surface area (Å²) >= 11 is 0. The molecule has 0 aromatic carbocycles. The zero-order valence-corrected chi connectivity index (χ0v) is 10.0. The third kappa shape index (κ3) is 3.44. The van der Waals surface area contributed by atoms with Crippen molar-refractivity contribution >= 4 is 0 Å². The van der Waals surface area contributed by atoms with E-state index in [1.807, 2.05) is 0 Å². The highest BCUT2D eigenvalue weighted by Gasteiger charge is 2.23. The van der Waals surface area contributed by atoms with Crippen LogP contribution in [0.1, 0.15) is 26.7 Å². The highest BCUT2D eigenvalue weighted by molar-refractivity contribution is 4.76. The van der Waals surface area contributed by atoms with Crippen LogP contribution >= 0.6 is 0 Å². The van der Waals surface area contributed by atoms with Crippen molar-refractivity contribution in [3.05, 3.63) is 0 Å². The predicted molar refractivity (Wildman–Crippen MR) is 62.0 cm³/mol. The molecule has 0 aromatic heterocycles. The molecule has 3 atom stereocenters. The molecule has 0 radical (unpaired) electrons. The third-order valence-electron chi connectivity index (χ3n) is 3.51. The second-order valence-electron chi connectivity index (χ2n) is 5.16. The average molecular weight is 212 g/mol. The summed E-state index contributed by atoms with van der Waals surface area (Å²) in [5, 5.41) is 3.43.